The van der Waals surface area contributed by atoms with Crippen molar-refractivity contribution in [3.05, 3.63) is 52.5 Å². The summed E-state index contributed by atoms with van der Waals surface area (Å²) in [6.45, 7) is 6.17. The van der Waals surface area contributed by atoms with Gasteiger partial charge in [-0.05, 0) is 70.9 Å². The Morgan fingerprint density at radius 1 is 0.567 bits per heavy atom. The molecule has 0 amide bonds. The number of carbonyl (C=O) groups excluding carboxylic acids is 2. The summed E-state index contributed by atoms with van der Waals surface area (Å²) in [6.07, 6.45) is 25.8. The molecule has 13 nitrogen and oxygen atoms in total. The van der Waals surface area contributed by atoms with Crippen molar-refractivity contribution in [3.63, 3.8) is 0 Å². The van der Waals surface area contributed by atoms with E-state index in [1.54, 1.807) is 26.4 Å². The molecule has 67 heavy (non-hydrogen) atoms. The third-order valence-electron chi connectivity index (χ3n) is 13.7. The van der Waals surface area contributed by atoms with Crippen molar-refractivity contribution in [2.75, 3.05) is 42.0 Å². The van der Waals surface area contributed by atoms with Gasteiger partial charge in [0.05, 0.1) is 55.7 Å². The van der Waals surface area contributed by atoms with Crippen LogP contribution in [-0.2, 0) is 61.8 Å². The van der Waals surface area contributed by atoms with Gasteiger partial charge in [-0.15, -0.1) is 0 Å². The molecule has 0 saturated carbocycles. The minimum absolute atomic E-state index is 0.00660. The molecule has 2 unspecified atom stereocenters. The summed E-state index contributed by atoms with van der Waals surface area (Å²) in [7, 11) is 1.67. The Bertz CT molecular complexity index is 1760. The quantitative estimate of drug-likeness (QED) is 0.0269. The van der Waals surface area contributed by atoms with Crippen molar-refractivity contribution in [2.45, 2.75) is 229 Å². The number of carbonyl (C=O) groups is 2. The number of allylic oxidation sites excluding steroid dienone is 2. The Hall–Kier alpha value is -2.69. The summed E-state index contributed by atoms with van der Waals surface area (Å²) in [5.41, 5.74) is 0.984. The zero-order valence-electron chi connectivity index (χ0n) is 42.2. The van der Waals surface area contributed by atoms with Crippen molar-refractivity contribution in [3.8, 4) is 0 Å². The van der Waals surface area contributed by atoms with E-state index in [1.165, 1.54) is 78.2 Å². The van der Waals surface area contributed by atoms with Gasteiger partial charge < -0.3 is 37.9 Å². The lowest BCUT2D eigenvalue weighted by Gasteiger charge is -2.27. The number of hydrogen-bond donors (Lipinski definition) is 0. The molecule has 3 aliphatic rings. The van der Waals surface area contributed by atoms with E-state index in [-0.39, 0.29) is 77.4 Å². The lowest BCUT2D eigenvalue weighted by Crippen LogP contribution is -2.35. The third-order valence-corrected chi connectivity index (χ3v) is 15.0. The van der Waals surface area contributed by atoms with E-state index in [9.17, 15) is 18.0 Å². The number of ketones is 2. The Kier molecular flexibility index (Phi) is 26.8. The van der Waals surface area contributed by atoms with E-state index < -0.39 is 27.8 Å². The Morgan fingerprint density at radius 3 is 1.42 bits per heavy atom. The average Bonchev–Trinajstić information content (AvgIpc) is 4.02. The highest BCUT2D eigenvalue weighted by atomic mass is 32.2. The molecule has 14 heteroatoms. The molecule has 0 N–H and O–H groups in total. The fraction of sp³-hybridized carbons (Fsp3) is 0.774. The zero-order valence-corrected chi connectivity index (χ0v) is 43.0. The van der Waals surface area contributed by atoms with Gasteiger partial charge in [-0.2, -0.15) is 8.42 Å². The minimum Gasteiger partial charge on any atom is -0.489 e. The fourth-order valence-electron chi connectivity index (χ4n) is 9.81. The standard InChI is InChI=1S/C53H86O13S/c1-8-9-10-11-12-17-20-23-26-42(62-37-58-4)44-33-35-46(64-44)47-36-34-45(65-47)43(63-38-59-5)27-24-21-18-15-13-14-16-19-22-25-28-48(66-67(56,57)41-31-29-39(2)30-32-41)49-40(3)50(54)52(60-6)53(61-7)51(49)55/h29-32,42-48H,8-28,33-38H2,1-7H3/t42-,43?,44-,45-,46-,47-,48?/m0/s1. The third kappa shape index (κ3) is 18.5. The highest BCUT2D eigenvalue weighted by Crippen LogP contribution is 2.37. The van der Waals surface area contributed by atoms with Gasteiger partial charge >= 0.3 is 0 Å². The van der Waals surface area contributed by atoms with Crippen LogP contribution < -0.4 is 0 Å². The van der Waals surface area contributed by atoms with Crippen molar-refractivity contribution >= 4 is 21.7 Å². The van der Waals surface area contributed by atoms with Crippen molar-refractivity contribution in [1.29, 1.82) is 0 Å². The lowest BCUT2D eigenvalue weighted by molar-refractivity contribution is -0.158. The first-order valence-corrected chi connectivity index (χ1v) is 27.0. The summed E-state index contributed by atoms with van der Waals surface area (Å²) in [5, 5.41) is 0. The molecular weight excluding hydrogens is 877 g/mol. The monoisotopic (exact) mass is 963 g/mol. The summed E-state index contributed by atoms with van der Waals surface area (Å²) in [5.74, 6) is -1.59. The van der Waals surface area contributed by atoms with Gasteiger partial charge in [-0.3, -0.25) is 13.8 Å². The van der Waals surface area contributed by atoms with E-state index in [4.69, 9.17) is 42.1 Å². The van der Waals surface area contributed by atoms with Crippen LogP contribution in [-0.4, -0.2) is 105 Å². The predicted molar refractivity (Wildman–Crippen MR) is 259 cm³/mol. The van der Waals surface area contributed by atoms with Crippen LogP contribution in [0.25, 0.3) is 0 Å². The molecule has 2 saturated heterocycles. The summed E-state index contributed by atoms with van der Waals surface area (Å²) in [4.78, 5) is 26.8. The highest BCUT2D eigenvalue weighted by Gasteiger charge is 2.43. The average molecular weight is 963 g/mol. The molecule has 0 aromatic heterocycles. The van der Waals surface area contributed by atoms with Crippen LogP contribution in [0.5, 0.6) is 0 Å². The van der Waals surface area contributed by atoms with Gasteiger partial charge in [0.1, 0.15) is 19.7 Å². The Morgan fingerprint density at radius 2 is 0.985 bits per heavy atom. The molecule has 0 bridgehead atoms. The maximum atomic E-state index is 13.6. The smallest absolute Gasteiger partial charge is 0.297 e. The van der Waals surface area contributed by atoms with E-state index in [0.29, 0.717) is 13.2 Å². The summed E-state index contributed by atoms with van der Waals surface area (Å²) in [6, 6.07) is 6.33. The normalized spacial score (nSPS) is 21.7. The molecular formula is C53H86O13S. The van der Waals surface area contributed by atoms with E-state index in [0.717, 1.165) is 108 Å². The minimum atomic E-state index is -4.25. The van der Waals surface area contributed by atoms with Crippen molar-refractivity contribution in [2.24, 2.45) is 0 Å². The van der Waals surface area contributed by atoms with Crippen LogP contribution >= 0.6 is 0 Å². The second-order valence-electron chi connectivity index (χ2n) is 18.8. The summed E-state index contributed by atoms with van der Waals surface area (Å²) >= 11 is 0. The number of ether oxygens (including phenoxy) is 8. The number of unbranched alkanes of at least 4 members (excludes halogenated alkanes) is 16. The van der Waals surface area contributed by atoms with Gasteiger partial charge in [0.15, 0.2) is 0 Å². The first kappa shape index (κ1) is 56.9. The molecule has 1 aromatic carbocycles. The molecule has 1 aromatic rings. The van der Waals surface area contributed by atoms with Gasteiger partial charge in [0.25, 0.3) is 10.1 Å². The maximum Gasteiger partial charge on any atom is 0.297 e. The number of methoxy groups -OCH3 is 4. The summed E-state index contributed by atoms with van der Waals surface area (Å²) < 4.78 is 79.4. The van der Waals surface area contributed by atoms with E-state index in [2.05, 4.69) is 6.92 Å². The molecule has 1 aliphatic carbocycles. The molecule has 0 spiro atoms. The van der Waals surface area contributed by atoms with Crippen molar-refractivity contribution < 1.29 is 60.1 Å². The van der Waals surface area contributed by atoms with E-state index >= 15 is 0 Å². The number of rotatable bonds is 37. The number of benzene rings is 1. The van der Waals surface area contributed by atoms with Crippen LogP contribution in [0.3, 0.4) is 0 Å². The number of Topliss-reactive ketones (excluding diaryl/α,β-unsaturated/α-hetero) is 2. The predicted octanol–water partition coefficient (Wildman–Crippen LogP) is 11.3. The van der Waals surface area contributed by atoms with Gasteiger partial charge in [-0.25, -0.2) is 0 Å². The van der Waals surface area contributed by atoms with Crippen LogP contribution in [0.4, 0.5) is 0 Å². The van der Waals surface area contributed by atoms with Crippen LogP contribution in [0.15, 0.2) is 51.8 Å². The molecule has 0 radical (unpaired) electrons. The number of hydrogen-bond acceptors (Lipinski definition) is 13. The zero-order chi connectivity index (χ0) is 48.4. The van der Waals surface area contributed by atoms with Crippen LogP contribution in [0.1, 0.15) is 180 Å². The van der Waals surface area contributed by atoms with Crippen LogP contribution in [0.2, 0.25) is 0 Å². The van der Waals surface area contributed by atoms with Gasteiger partial charge in [0, 0.05) is 25.4 Å². The molecule has 2 heterocycles. The van der Waals surface area contributed by atoms with Crippen LogP contribution in [0, 0.1) is 6.92 Å². The SMILES string of the molecule is CCCCCCCCCC[C@H](OCOC)[C@@H]1CC[C@@H]([C@@H]2CC[C@@H](C(CCCCCCCCCCCCC(OS(=O)(=O)c3ccc(C)cc3)C3=C(C)C(=O)C(OC)=C(OC)C3=O)OCOC)O2)O1. The molecule has 4 rings (SSSR count). The Labute approximate surface area is 403 Å². The maximum absolute atomic E-state index is 13.6. The Balaban J connectivity index is 1.14. The fourth-order valence-corrected chi connectivity index (χ4v) is 10.9. The molecule has 382 valence electrons. The first-order chi connectivity index (χ1) is 32.5. The molecule has 7 atom stereocenters. The highest BCUT2D eigenvalue weighted by molar-refractivity contribution is 7.86. The lowest BCUT2D eigenvalue weighted by atomic mass is 9.87. The first-order valence-electron chi connectivity index (χ1n) is 25.6. The van der Waals surface area contributed by atoms with E-state index in [1.807, 2.05) is 6.92 Å². The largest absolute Gasteiger partial charge is 0.489 e. The topological polar surface area (TPSA) is 151 Å². The second kappa shape index (κ2) is 31.5. The molecule has 2 aliphatic heterocycles. The van der Waals surface area contributed by atoms with Gasteiger partial charge in [-0.1, -0.05) is 140 Å². The molecule has 2 fully saturated rings. The van der Waals surface area contributed by atoms with Gasteiger partial charge in [0.2, 0.25) is 23.1 Å². The second-order valence-corrected chi connectivity index (χ2v) is 20.4. The number of aryl methyl sites for hydroxylation is 1. The van der Waals surface area contributed by atoms with Crippen molar-refractivity contribution in [1.82, 2.24) is 0 Å².